The molecular formula is C28H36F3N3O6S. The molecule has 4 rings (SSSR count). The summed E-state index contributed by atoms with van der Waals surface area (Å²) in [6.45, 7) is 9.02. The predicted octanol–water partition coefficient (Wildman–Crippen LogP) is 5.20. The molecule has 1 heterocycles. The number of aliphatic carboxylic acids is 1. The number of aryl methyl sites for hydroxylation is 3. The summed E-state index contributed by atoms with van der Waals surface area (Å²) in [7, 11) is -3.89. The molecule has 0 unspecified atom stereocenters. The van der Waals surface area contributed by atoms with E-state index >= 15 is 0 Å². The monoisotopic (exact) mass is 599 g/mol. The lowest BCUT2D eigenvalue weighted by Crippen LogP contribution is -2.51. The number of nitrogens with zero attached hydrogens (tertiary/aromatic N) is 2. The second-order valence-corrected chi connectivity index (χ2v) is 12.1. The first kappa shape index (κ1) is 32.2. The van der Waals surface area contributed by atoms with Crippen molar-refractivity contribution in [3.63, 3.8) is 0 Å². The topological polar surface area (TPSA) is 127 Å². The highest BCUT2D eigenvalue weighted by Gasteiger charge is 2.38. The van der Waals surface area contributed by atoms with Gasteiger partial charge in [0.2, 0.25) is 0 Å². The van der Waals surface area contributed by atoms with Crippen molar-refractivity contribution in [2.45, 2.75) is 70.0 Å². The molecule has 41 heavy (non-hydrogen) atoms. The number of carboxylic acid groups (broad SMARTS) is 2. The van der Waals surface area contributed by atoms with E-state index in [4.69, 9.17) is 9.90 Å². The van der Waals surface area contributed by atoms with E-state index in [0.29, 0.717) is 17.3 Å². The number of aromatic carboxylic acids is 1. The van der Waals surface area contributed by atoms with Crippen molar-refractivity contribution in [1.29, 1.82) is 0 Å². The molecule has 1 saturated carbocycles. The molecule has 226 valence electrons. The van der Waals surface area contributed by atoms with Crippen molar-refractivity contribution in [2.24, 2.45) is 0 Å². The van der Waals surface area contributed by atoms with Gasteiger partial charge in [0, 0.05) is 32.2 Å². The summed E-state index contributed by atoms with van der Waals surface area (Å²) >= 11 is 0. The SMILES string of the molecule is Cc1cc(C)c(S(=O)(=O)Nc2cc(C(=O)O)ccc2N2CCN(C3CCCCC3)CC2)cc1C.O=C(O)C(F)(F)F. The molecule has 2 fully saturated rings. The van der Waals surface area contributed by atoms with Gasteiger partial charge < -0.3 is 15.1 Å². The van der Waals surface area contributed by atoms with Crippen LogP contribution in [0.25, 0.3) is 0 Å². The number of carbonyl (C=O) groups is 2. The predicted molar refractivity (Wildman–Crippen MR) is 149 cm³/mol. The number of rotatable bonds is 6. The molecule has 0 atom stereocenters. The number of alkyl halides is 3. The van der Waals surface area contributed by atoms with Gasteiger partial charge in [0.1, 0.15) is 0 Å². The van der Waals surface area contributed by atoms with Crippen LogP contribution < -0.4 is 9.62 Å². The van der Waals surface area contributed by atoms with E-state index in [1.165, 1.54) is 38.2 Å². The Bertz CT molecular complexity index is 1370. The Labute approximate surface area is 238 Å². The van der Waals surface area contributed by atoms with Gasteiger partial charge in [-0.3, -0.25) is 9.62 Å². The van der Waals surface area contributed by atoms with E-state index in [1.807, 2.05) is 19.9 Å². The molecule has 1 aliphatic carbocycles. The van der Waals surface area contributed by atoms with Crippen LogP contribution in [0.15, 0.2) is 35.2 Å². The van der Waals surface area contributed by atoms with E-state index in [2.05, 4.69) is 14.5 Å². The van der Waals surface area contributed by atoms with Gasteiger partial charge in [-0.25, -0.2) is 18.0 Å². The molecule has 9 nitrogen and oxygen atoms in total. The first-order chi connectivity index (χ1) is 19.1. The van der Waals surface area contributed by atoms with Crippen LogP contribution >= 0.6 is 0 Å². The molecule has 0 aromatic heterocycles. The molecule has 0 radical (unpaired) electrons. The Hall–Kier alpha value is -3.32. The third-order valence-electron chi connectivity index (χ3n) is 7.56. The number of nitrogens with one attached hydrogen (secondary N) is 1. The minimum Gasteiger partial charge on any atom is -0.478 e. The van der Waals surface area contributed by atoms with Crippen LogP contribution in [0.2, 0.25) is 0 Å². The summed E-state index contributed by atoms with van der Waals surface area (Å²) in [5, 5.41) is 16.6. The molecule has 2 aromatic rings. The lowest BCUT2D eigenvalue weighted by Gasteiger charge is -2.42. The van der Waals surface area contributed by atoms with E-state index in [-0.39, 0.29) is 10.5 Å². The van der Waals surface area contributed by atoms with Crippen LogP contribution in [-0.4, -0.2) is 73.9 Å². The van der Waals surface area contributed by atoms with Crippen LogP contribution in [0.5, 0.6) is 0 Å². The summed E-state index contributed by atoms with van der Waals surface area (Å²) in [5.74, 6) is -3.84. The Kier molecular flexibility index (Phi) is 10.3. The highest BCUT2D eigenvalue weighted by Crippen LogP contribution is 2.32. The van der Waals surface area contributed by atoms with Crippen LogP contribution in [0.3, 0.4) is 0 Å². The fourth-order valence-corrected chi connectivity index (χ4v) is 6.60. The molecule has 2 aromatic carbocycles. The largest absolute Gasteiger partial charge is 0.490 e. The van der Waals surface area contributed by atoms with E-state index in [9.17, 15) is 31.5 Å². The van der Waals surface area contributed by atoms with Gasteiger partial charge in [-0.15, -0.1) is 0 Å². The maximum absolute atomic E-state index is 13.4. The standard InChI is InChI=1S/C26H35N3O4S.C2HF3O2/c1-18-15-20(3)25(16-19(18)2)34(32,33)27-23-17-21(26(30)31)9-10-24(23)29-13-11-28(12-14-29)22-7-5-4-6-8-22;3-2(4,5)1(6)7/h9-10,15-17,22,27H,4-8,11-14H2,1-3H3,(H,30,31);(H,6,7). The molecular weight excluding hydrogens is 563 g/mol. The van der Waals surface area contributed by atoms with Crippen molar-refractivity contribution in [3.05, 3.63) is 52.6 Å². The van der Waals surface area contributed by atoms with Gasteiger partial charge in [0.05, 0.1) is 21.8 Å². The van der Waals surface area contributed by atoms with Crippen LogP contribution in [0.1, 0.15) is 59.2 Å². The Morgan fingerprint density at radius 3 is 1.98 bits per heavy atom. The van der Waals surface area contributed by atoms with E-state index < -0.39 is 28.1 Å². The zero-order chi connectivity index (χ0) is 30.5. The van der Waals surface area contributed by atoms with Gasteiger partial charge in [0.15, 0.2) is 0 Å². The summed E-state index contributed by atoms with van der Waals surface area (Å²) in [6, 6.07) is 8.89. The zero-order valence-corrected chi connectivity index (χ0v) is 24.1. The average Bonchev–Trinajstić information content (AvgIpc) is 2.91. The van der Waals surface area contributed by atoms with Crippen molar-refractivity contribution >= 4 is 33.3 Å². The lowest BCUT2D eigenvalue weighted by molar-refractivity contribution is -0.192. The summed E-state index contributed by atoms with van der Waals surface area (Å²) in [4.78, 5) is 25.5. The summed E-state index contributed by atoms with van der Waals surface area (Å²) < 4.78 is 61.2. The number of benzene rings is 2. The number of carboxylic acids is 2. The van der Waals surface area contributed by atoms with Crippen molar-refractivity contribution in [2.75, 3.05) is 35.8 Å². The molecule has 1 aliphatic heterocycles. The minimum atomic E-state index is -5.08. The minimum absolute atomic E-state index is 0.0547. The summed E-state index contributed by atoms with van der Waals surface area (Å²) in [6.07, 6.45) is 1.36. The Morgan fingerprint density at radius 1 is 0.878 bits per heavy atom. The van der Waals surface area contributed by atoms with E-state index in [0.717, 1.165) is 43.0 Å². The van der Waals surface area contributed by atoms with Crippen molar-refractivity contribution in [3.8, 4) is 0 Å². The molecule has 2 aliphatic rings. The number of piperazine rings is 1. The van der Waals surface area contributed by atoms with Gasteiger partial charge >= 0.3 is 18.1 Å². The summed E-state index contributed by atoms with van der Waals surface area (Å²) in [5.41, 5.74) is 3.67. The number of halogens is 3. The highest BCUT2D eigenvalue weighted by atomic mass is 32.2. The molecule has 0 bridgehead atoms. The lowest BCUT2D eigenvalue weighted by atomic mass is 9.94. The second kappa shape index (κ2) is 13.1. The van der Waals surface area contributed by atoms with Crippen LogP contribution in [0.4, 0.5) is 24.5 Å². The fraction of sp³-hybridized carbons (Fsp3) is 0.500. The van der Waals surface area contributed by atoms with Crippen molar-refractivity contribution < 1.29 is 41.4 Å². The number of anilines is 2. The quantitative estimate of drug-likeness (QED) is 0.414. The van der Waals surface area contributed by atoms with Gasteiger partial charge in [-0.2, -0.15) is 13.2 Å². The Balaban J connectivity index is 0.000000587. The third kappa shape index (κ3) is 8.35. The van der Waals surface area contributed by atoms with Crippen molar-refractivity contribution in [1.82, 2.24) is 4.90 Å². The zero-order valence-electron chi connectivity index (χ0n) is 23.3. The van der Waals surface area contributed by atoms with Gasteiger partial charge in [-0.05, 0) is 74.6 Å². The smallest absolute Gasteiger partial charge is 0.478 e. The molecule has 0 spiro atoms. The third-order valence-corrected chi connectivity index (χ3v) is 9.06. The molecule has 3 N–H and O–H groups in total. The highest BCUT2D eigenvalue weighted by molar-refractivity contribution is 7.92. The number of sulfonamides is 1. The fourth-order valence-electron chi connectivity index (χ4n) is 5.22. The molecule has 13 heteroatoms. The van der Waals surface area contributed by atoms with Gasteiger partial charge in [0.25, 0.3) is 10.0 Å². The normalized spacial score (nSPS) is 17.0. The maximum Gasteiger partial charge on any atom is 0.490 e. The van der Waals surface area contributed by atoms with Gasteiger partial charge in [-0.1, -0.05) is 25.3 Å². The number of hydrogen-bond donors (Lipinski definition) is 3. The Morgan fingerprint density at radius 2 is 1.44 bits per heavy atom. The number of hydrogen-bond acceptors (Lipinski definition) is 6. The second-order valence-electron chi connectivity index (χ2n) is 10.5. The molecule has 0 amide bonds. The molecule has 1 saturated heterocycles. The maximum atomic E-state index is 13.4. The first-order valence-corrected chi connectivity index (χ1v) is 14.9. The first-order valence-electron chi connectivity index (χ1n) is 13.4. The average molecular weight is 600 g/mol. The van der Waals surface area contributed by atoms with Crippen LogP contribution in [0, 0.1) is 20.8 Å². The van der Waals surface area contributed by atoms with E-state index in [1.54, 1.807) is 25.1 Å². The van der Waals surface area contributed by atoms with Crippen LogP contribution in [-0.2, 0) is 14.8 Å².